The smallest absolute Gasteiger partial charge is 0.0953 e. The molecule has 2 rings (SSSR count). The first-order valence-electron chi connectivity index (χ1n) is 7.00. The first-order valence-corrected chi connectivity index (χ1v) is 7.00. The van der Waals surface area contributed by atoms with Crippen molar-refractivity contribution in [1.29, 1.82) is 0 Å². The van der Waals surface area contributed by atoms with Crippen LogP contribution in [0.4, 0.5) is 0 Å². The Morgan fingerprint density at radius 1 is 1.35 bits per heavy atom. The van der Waals surface area contributed by atoms with Gasteiger partial charge in [-0.2, -0.15) is 0 Å². The van der Waals surface area contributed by atoms with Crippen molar-refractivity contribution in [2.75, 3.05) is 6.54 Å². The minimum Gasteiger partial charge on any atom is -0.328 e. The van der Waals surface area contributed by atoms with E-state index in [9.17, 15) is 0 Å². The van der Waals surface area contributed by atoms with Crippen molar-refractivity contribution >= 4 is 0 Å². The lowest BCUT2D eigenvalue weighted by atomic mass is 9.93. The van der Waals surface area contributed by atoms with Crippen molar-refractivity contribution < 1.29 is 0 Å². The summed E-state index contributed by atoms with van der Waals surface area (Å²) in [6.07, 6.45) is 11.5. The van der Waals surface area contributed by atoms with Crippen LogP contribution in [0.5, 0.6) is 0 Å². The summed E-state index contributed by atoms with van der Waals surface area (Å²) in [4.78, 5) is 4.38. The van der Waals surface area contributed by atoms with Gasteiger partial charge in [0.1, 0.15) is 0 Å². The number of hydrogen-bond acceptors (Lipinski definition) is 2. The Labute approximate surface area is 104 Å². The first kappa shape index (κ1) is 12.6. The zero-order valence-corrected chi connectivity index (χ0v) is 11.2. The third kappa shape index (κ3) is 2.13. The molecule has 0 spiro atoms. The van der Waals surface area contributed by atoms with Crippen molar-refractivity contribution in [2.45, 2.75) is 63.8 Å². The molecule has 0 bridgehead atoms. The molecule has 1 aromatic rings. The highest BCUT2D eigenvalue weighted by atomic mass is 15.1. The summed E-state index contributed by atoms with van der Waals surface area (Å²) in [5.41, 5.74) is 7.62. The first-order chi connectivity index (χ1) is 8.27. The quantitative estimate of drug-likeness (QED) is 0.852. The van der Waals surface area contributed by atoms with Crippen LogP contribution >= 0.6 is 0 Å². The molecule has 0 amide bonds. The molecule has 96 valence electrons. The molecule has 2 N–H and O–H groups in total. The molecular weight excluding hydrogens is 210 g/mol. The zero-order chi connectivity index (χ0) is 12.3. The lowest BCUT2D eigenvalue weighted by Crippen LogP contribution is -2.39. The maximum absolute atomic E-state index is 6.06. The summed E-state index contributed by atoms with van der Waals surface area (Å²) in [5.74, 6) is 0.626. The van der Waals surface area contributed by atoms with E-state index in [0.717, 1.165) is 6.54 Å². The highest BCUT2D eigenvalue weighted by Gasteiger charge is 2.36. The molecule has 0 aliphatic heterocycles. The summed E-state index contributed by atoms with van der Waals surface area (Å²) < 4.78 is 2.40. The SMILES string of the molecule is CCC(CC)c1cncn1C1(CN)CCCC1. The van der Waals surface area contributed by atoms with Gasteiger partial charge >= 0.3 is 0 Å². The van der Waals surface area contributed by atoms with Gasteiger partial charge in [-0.05, 0) is 25.7 Å². The third-order valence-electron chi connectivity index (χ3n) is 4.50. The van der Waals surface area contributed by atoms with Crippen molar-refractivity contribution in [3.63, 3.8) is 0 Å². The topological polar surface area (TPSA) is 43.8 Å². The van der Waals surface area contributed by atoms with Gasteiger partial charge in [0.15, 0.2) is 0 Å². The van der Waals surface area contributed by atoms with E-state index in [4.69, 9.17) is 5.73 Å². The third-order valence-corrected chi connectivity index (χ3v) is 4.50. The molecule has 0 atom stereocenters. The van der Waals surface area contributed by atoms with Gasteiger partial charge in [0.05, 0.1) is 11.9 Å². The van der Waals surface area contributed by atoms with Crippen molar-refractivity contribution in [3.05, 3.63) is 18.2 Å². The van der Waals surface area contributed by atoms with Gasteiger partial charge in [-0.3, -0.25) is 0 Å². The van der Waals surface area contributed by atoms with Gasteiger partial charge in [-0.1, -0.05) is 26.7 Å². The summed E-state index contributed by atoms with van der Waals surface area (Å²) in [5, 5.41) is 0. The average Bonchev–Trinajstić information content (AvgIpc) is 2.99. The molecule has 1 aromatic heterocycles. The Kier molecular flexibility index (Phi) is 3.87. The standard InChI is InChI=1S/C14H25N3/c1-3-12(4-2)13-9-16-11-17(13)14(10-15)7-5-6-8-14/h9,11-12H,3-8,10,15H2,1-2H3. The molecular formula is C14H25N3. The van der Waals surface area contributed by atoms with Crippen LogP contribution in [0.25, 0.3) is 0 Å². The molecule has 0 saturated heterocycles. The van der Waals surface area contributed by atoms with E-state index in [1.165, 1.54) is 44.2 Å². The second-order valence-corrected chi connectivity index (χ2v) is 5.34. The lowest BCUT2D eigenvalue weighted by molar-refractivity contribution is 0.289. The van der Waals surface area contributed by atoms with Crippen LogP contribution in [0.3, 0.4) is 0 Å². The van der Waals surface area contributed by atoms with Crippen LogP contribution in [0.1, 0.15) is 64.0 Å². The number of aromatic nitrogens is 2. The number of nitrogens with zero attached hydrogens (tertiary/aromatic N) is 2. The van der Waals surface area contributed by atoms with Gasteiger partial charge < -0.3 is 10.3 Å². The Morgan fingerprint density at radius 3 is 2.53 bits per heavy atom. The van der Waals surface area contributed by atoms with E-state index in [-0.39, 0.29) is 5.54 Å². The summed E-state index contributed by atoms with van der Waals surface area (Å²) in [6.45, 7) is 5.26. The molecule has 1 aliphatic carbocycles. The second kappa shape index (κ2) is 5.21. The fourth-order valence-corrected chi connectivity index (χ4v) is 3.29. The van der Waals surface area contributed by atoms with E-state index in [0.29, 0.717) is 5.92 Å². The Balaban J connectivity index is 2.35. The summed E-state index contributed by atoms with van der Waals surface area (Å²) >= 11 is 0. The highest BCUT2D eigenvalue weighted by Crippen LogP contribution is 2.38. The summed E-state index contributed by atoms with van der Waals surface area (Å²) in [6, 6.07) is 0. The highest BCUT2D eigenvalue weighted by molar-refractivity contribution is 5.11. The van der Waals surface area contributed by atoms with Gasteiger partial charge in [-0.25, -0.2) is 4.98 Å². The van der Waals surface area contributed by atoms with Crippen LogP contribution in [0, 0.1) is 0 Å². The molecule has 3 heteroatoms. The predicted octanol–water partition coefficient (Wildman–Crippen LogP) is 3.01. The van der Waals surface area contributed by atoms with Crippen molar-refractivity contribution in [3.8, 4) is 0 Å². The molecule has 1 aliphatic rings. The van der Waals surface area contributed by atoms with Gasteiger partial charge in [0.25, 0.3) is 0 Å². The van der Waals surface area contributed by atoms with E-state index in [1.807, 2.05) is 12.5 Å². The van der Waals surface area contributed by atoms with Crippen LogP contribution in [0.2, 0.25) is 0 Å². The van der Waals surface area contributed by atoms with Crippen LogP contribution < -0.4 is 5.73 Å². The molecule has 1 heterocycles. The minimum absolute atomic E-state index is 0.161. The number of rotatable bonds is 5. The molecule has 1 fully saturated rings. The lowest BCUT2D eigenvalue weighted by Gasteiger charge is -2.32. The van der Waals surface area contributed by atoms with E-state index >= 15 is 0 Å². The second-order valence-electron chi connectivity index (χ2n) is 5.34. The van der Waals surface area contributed by atoms with E-state index in [2.05, 4.69) is 23.4 Å². The fraction of sp³-hybridized carbons (Fsp3) is 0.786. The monoisotopic (exact) mass is 235 g/mol. The number of nitrogens with two attached hydrogens (primary N) is 1. The molecule has 1 saturated carbocycles. The van der Waals surface area contributed by atoms with Gasteiger partial charge in [0.2, 0.25) is 0 Å². The minimum atomic E-state index is 0.161. The van der Waals surface area contributed by atoms with Gasteiger partial charge in [-0.15, -0.1) is 0 Å². The maximum atomic E-state index is 6.06. The van der Waals surface area contributed by atoms with E-state index < -0.39 is 0 Å². The number of imidazole rings is 1. The average molecular weight is 235 g/mol. The van der Waals surface area contributed by atoms with Crippen molar-refractivity contribution in [2.24, 2.45) is 5.73 Å². The van der Waals surface area contributed by atoms with Crippen LogP contribution in [-0.2, 0) is 5.54 Å². The van der Waals surface area contributed by atoms with E-state index in [1.54, 1.807) is 0 Å². The molecule has 0 aromatic carbocycles. The molecule has 0 unspecified atom stereocenters. The van der Waals surface area contributed by atoms with Crippen LogP contribution in [-0.4, -0.2) is 16.1 Å². The molecule has 0 radical (unpaired) electrons. The van der Waals surface area contributed by atoms with Gasteiger partial charge in [0, 0.05) is 24.4 Å². The largest absolute Gasteiger partial charge is 0.328 e. The zero-order valence-electron chi connectivity index (χ0n) is 11.2. The predicted molar refractivity (Wildman–Crippen MR) is 71.0 cm³/mol. The normalized spacial score (nSPS) is 19.1. The van der Waals surface area contributed by atoms with Crippen LogP contribution in [0.15, 0.2) is 12.5 Å². The Morgan fingerprint density at radius 2 is 2.00 bits per heavy atom. The fourth-order valence-electron chi connectivity index (χ4n) is 3.29. The maximum Gasteiger partial charge on any atom is 0.0953 e. The molecule has 3 nitrogen and oxygen atoms in total. The molecule has 17 heavy (non-hydrogen) atoms. The number of hydrogen-bond donors (Lipinski definition) is 1. The van der Waals surface area contributed by atoms with Crippen molar-refractivity contribution in [1.82, 2.24) is 9.55 Å². The Bertz CT molecular complexity index is 346. The Hall–Kier alpha value is -0.830. The summed E-state index contributed by atoms with van der Waals surface area (Å²) in [7, 11) is 0.